The Morgan fingerprint density at radius 3 is 2.65 bits per heavy atom. The molecule has 2 aliphatic rings. The summed E-state index contributed by atoms with van der Waals surface area (Å²) in [5.74, 6) is -1.21. The zero-order valence-corrected chi connectivity index (χ0v) is 19.2. The van der Waals surface area contributed by atoms with Gasteiger partial charge >= 0.3 is 0 Å². The van der Waals surface area contributed by atoms with Crippen LogP contribution in [0.15, 0.2) is 48.5 Å². The van der Waals surface area contributed by atoms with Crippen LogP contribution >= 0.6 is 0 Å². The van der Waals surface area contributed by atoms with Crippen LogP contribution in [0.5, 0.6) is 0 Å². The standard InChI is InChI=1S/C26H30N4O4/c1-16-11-20-13-18(7-8-22(20)28-16)25(33)30-23(12-17-5-3-2-4-6-17)26(34)29-21(15-31)14-19-9-10-27-24(19)32/h2-8,13,15-16,19,21,23,28H,9-12,14H2,1H3,(H,27,32)(H,29,34)(H,30,33)/t16?,19-,21-,23-/m0/s1. The van der Waals surface area contributed by atoms with Crippen LogP contribution in [0.25, 0.3) is 0 Å². The summed E-state index contributed by atoms with van der Waals surface area (Å²) in [6.45, 7) is 2.66. The molecule has 0 bridgehead atoms. The lowest BCUT2D eigenvalue weighted by Gasteiger charge is -2.22. The highest BCUT2D eigenvalue weighted by molar-refractivity contribution is 5.98. The quantitative estimate of drug-likeness (QED) is 0.423. The maximum atomic E-state index is 13.2. The summed E-state index contributed by atoms with van der Waals surface area (Å²) in [4.78, 5) is 49.8. The van der Waals surface area contributed by atoms with Gasteiger partial charge in [-0.1, -0.05) is 30.3 Å². The minimum Gasteiger partial charge on any atom is -0.382 e. The predicted molar refractivity (Wildman–Crippen MR) is 128 cm³/mol. The first-order valence-electron chi connectivity index (χ1n) is 11.7. The first-order chi connectivity index (χ1) is 16.4. The summed E-state index contributed by atoms with van der Waals surface area (Å²) < 4.78 is 0. The van der Waals surface area contributed by atoms with E-state index in [9.17, 15) is 19.2 Å². The van der Waals surface area contributed by atoms with Gasteiger partial charge in [0.2, 0.25) is 11.8 Å². The number of amides is 3. The number of carbonyl (C=O) groups excluding carboxylic acids is 4. The number of hydrogen-bond donors (Lipinski definition) is 4. The van der Waals surface area contributed by atoms with Crippen molar-refractivity contribution in [2.24, 2.45) is 5.92 Å². The van der Waals surface area contributed by atoms with Crippen LogP contribution in [0.3, 0.4) is 0 Å². The van der Waals surface area contributed by atoms with Crippen molar-refractivity contribution in [3.63, 3.8) is 0 Å². The molecule has 2 heterocycles. The number of anilines is 1. The van der Waals surface area contributed by atoms with Gasteiger partial charge in [-0.25, -0.2) is 0 Å². The molecule has 8 heteroatoms. The minimum atomic E-state index is -0.875. The molecule has 34 heavy (non-hydrogen) atoms. The fourth-order valence-electron chi connectivity index (χ4n) is 4.60. The Morgan fingerprint density at radius 2 is 1.94 bits per heavy atom. The van der Waals surface area contributed by atoms with E-state index in [0.717, 1.165) is 23.2 Å². The normalized spacial score (nSPS) is 20.4. The van der Waals surface area contributed by atoms with E-state index < -0.39 is 18.0 Å². The second-order valence-electron chi connectivity index (χ2n) is 9.10. The number of nitrogens with one attached hydrogen (secondary N) is 4. The minimum absolute atomic E-state index is 0.101. The van der Waals surface area contributed by atoms with Gasteiger partial charge in [0.25, 0.3) is 5.91 Å². The number of fused-ring (bicyclic) bond motifs is 1. The zero-order chi connectivity index (χ0) is 24.1. The Bertz CT molecular complexity index is 1070. The fraction of sp³-hybridized carbons (Fsp3) is 0.385. The maximum Gasteiger partial charge on any atom is 0.251 e. The summed E-state index contributed by atoms with van der Waals surface area (Å²) >= 11 is 0. The van der Waals surface area contributed by atoms with E-state index in [0.29, 0.717) is 30.9 Å². The molecule has 0 aliphatic carbocycles. The highest BCUT2D eigenvalue weighted by Crippen LogP contribution is 2.26. The fourth-order valence-corrected chi connectivity index (χ4v) is 4.60. The van der Waals surface area contributed by atoms with Crippen molar-refractivity contribution in [1.82, 2.24) is 16.0 Å². The molecule has 8 nitrogen and oxygen atoms in total. The molecule has 4 rings (SSSR count). The van der Waals surface area contributed by atoms with Crippen LogP contribution in [0.1, 0.15) is 41.3 Å². The highest BCUT2D eigenvalue weighted by Gasteiger charge is 2.30. The number of aldehydes is 1. The summed E-state index contributed by atoms with van der Waals surface area (Å²) in [6, 6.07) is 13.5. The molecule has 1 unspecified atom stereocenters. The third-order valence-electron chi connectivity index (χ3n) is 6.39. The monoisotopic (exact) mass is 462 g/mol. The molecule has 0 saturated carbocycles. The largest absolute Gasteiger partial charge is 0.382 e. The van der Waals surface area contributed by atoms with Crippen molar-refractivity contribution in [3.8, 4) is 0 Å². The van der Waals surface area contributed by atoms with Crippen molar-refractivity contribution < 1.29 is 19.2 Å². The molecule has 4 N–H and O–H groups in total. The van der Waals surface area contributed by atoms with Crippen LogP contribution in [-0.2, 0) is 27.2 Å². The van der Waals surface area contributed by atoms with Crippen molar-refractivity contribution in [1.29, 1.82) is 0 Å². The van der Waals surface area contributed by atoms with Crippen molar-refractivity contribution >= 4 is 29.7 Å². The highest BCUT2D eigenvalue weighted by atomic mass is 16.2. The van der Waals surface area contributed by atoms with Crippen LogP contribution in [0.2, 0.25) is 0 Å². The van der Waals surface area contributed by atoms with Crippen molar-refractivity contribution in [2.75, 3.05) is 11.9 Å². The Labute approximate surface area is 198 Å². The molecular weight excluding hydrogens is 432 g/mol. The summed E-state index contributed by atoms with van der Waals surface area (Å²) in [6.07, 6.45) is 2.63. The van der Waals surface area contributed by atoms with Crippen LogP contribution in [-0.4, -0.2) is 48.7 Å². The van der Waals surface area contributed by atoms with Gasteiger partial charge in [-0.3, -0.25) is 14.4 Å². The molecule has 2 aliphatic heterocycles. The van der Waals surface area contributed by atoms with Crippen LogP contribution in [0.4, 0.5) is 5.69 Å². The second-order valence-corrected chi connectivity index (χ2v) is 9.10. The number of carbonyl (C=O) groups is 4. The molecule has 1 fully saturated rings. The van der Waals surface area contributed by atoms with Gasteiger partial charge < -0.3 is 26.1 Å². The average Bonchev–Trinajstić information content (AvgIpc) is 3.41. The maximum absolute atomic E-state index is 13.2. The first kappa shape index (κ1) is 23.5. The smallest absolute Gasteiger partial charge is 0.251 e. The molecule has 2 aromatic rings. The van der Waals surface area contributed by atoms with E-state index in [4.69, 9.17) is 0 Å². The molecule has 2 aromatic carbocycles. The Morgan fingerprint density at radius 1 is 1.15 bits per heavy atom. The first-order valence-corrected chi connectivity index (χ1v) is 11.7. The summed E-state index contributed by atoms with van der Waals surface area (Å²) in [7, 11) is 0. The summed E-state index contributed by atoms with van der Waals surface area (Å²) in [5.41, 5.74) is 3.45. The average molecular weight is 463 g/mol. The van der Waals surface area contributed by atoms with Gasteiger partial charge in [0.15, 0.2) is 0 Å². The van der Waals surface area contributed by atoms with Gasteiger partial charge in [0.05, 0.1) is 6.04 Å². The molecule has 0 radical (unpaired) electrons. The third-order valence-corrected chi connectivity index (χ3v) is 6.39. The van der Waals surface area contributed by atoms with E-state index in [1.807, 2.05) is 42.5 Å². The van der Waals surface area contributed by atoms with Crippen molar-refractivity contribution in [3.05, 3.63) is 65.2 Å². The number of rotatable bonds is 9. The van der Waals surface area contributed by atoms with Gasteiger partial charge in [0, 0.05) is 36.2 Å². The zero-order valence-electron chi connectivity index (χ0n) is 19.2. The Balaban J connectivity index is 1.47. The lowest BCUT2D eigenvalue weighted by molar-refractivity contribution is -0.127. The molecule has 1 saturated heterocycles. The van der Waals surface area contributed by atoms with Crippen LogP contribution < -0.4 is 21.3 Å². The predicted octanol–water partition coefficient (Wildman–Crippen LogP) is 1.59. The van der Waals surface area contributed by atoms with E-state index in [1.165, 1.54) is 0 Å². The molecule has 0 aromatic heterocycles. The molecule has 178 valence electrons. The third kappa shape index (κ3) is 5.62. The van der Waals surface area contributed by atoms with E-state index >= 15 is 0 Å². The molecule has 0 spiro atoms. The van der Waals surface area contributed by atoms with Crippen LogP contribution in [0, 0.1) is 5.92 Å². The van der Waals surface area contributed by atoms with E-state index in [2.05, 4.69) is 28.2 Å². The summed E-state index contributed by atoms with van der Waals surface area (Å²) in [5, 5.41) is 11.7. The number of benzene rings is 2. The van der Waals surface area contributed by atoms with Gasteiger partial charge in [-0.15, -0.1) is 0 Å². The van der Waals surface area contributed by atoms with Gasteiger partial charge in [-0.2, -0.15) is 0 Å². The molecule has 4 atom stereocenters. The Hall–Kier alpha value is -3.68. The lowest BCUT2D eigenvalue weighted by atomic mass is 9.98. The topological polar surface area (TPSA) is 116 Å². The van der Waals surface area contributed by atoms with Crippen molar-refractivity contribution in [2.45, 2.75) is 50.7 Å². The number of hydrogen-bond acceptors (Lipinski definition) is 5. The second kappa shape index (κ2) is 10.5. The SMILES string of the molecule is CC1Cc2cc(C(=O)N[C@@H](Cc3ccccc3)C(=O)N[C@H](C=O)C[C@@H]3CCNC3=O)ccc2N1. The molecule has 3 amide bonds. The van der Waals surface area contributed by atoms with E-state index in [1.54, 1.807) is 6.07 Å². The van der Waals surface area contributed by atoms with Gasteiger partial charge in [-0.05, 0) is 55.5 Å². The van der Waals surface area contributed by atoms with E-state index in [-0.39, 0.29) is 30.6 Å². The lowest BCUT2D eigenvalue weighted by Crippen LogP contribution is -2.51. The Kier molecular flexibility index (Phi) is 7.25. The molecular formula is C26H30N4O4. The van der Waals surface area contributed by atoms with Gasteiger partial charge in [0.1, 0.15) is 12.3 Å².